The minimum atomic E-state index is -0.527. The molecule has 66 valence electrons. The van der Waals surface area contributed by atoms with Gasteiger partial charge in [0.05, 0.1) is 0 Å². The molecule has 0 saturated carbocycles. The van der Waals surface area contributed by atoms with Crippen molar-refractivity contribution in [1.82, 2.24) is 0 Å². The molecule has 4 heteroatoms. The molecule has 0 aliphatic rings. The van der Waals surface area contributed by atoms with Crippen LogP contribution < -0.4 is 11.2 Å². The lowest BCUT2D eigenvalue weighted by atomic mass is 9.94. The van der Waals surface area contributed by atoms with E-state index in [0.717, 1.165) is 5.46 Å². The van der Waals surface area contributed by atoms with E-state index in [9.17, 15) is 9.90 Å². The first-order valence-corrected chi connectivity index (χ1v) is 3.87. The molecule has 0 unspecified atom stereocenters. The zero-order chi connectivity index (χ0) is 9.84. The Labute approximate surface area is 77.3 Å². The fourth-order valence-corrected chi connectivity index (χ4v) is 0.979. The van der Waals surface area contributed by atoms with Gasteiger partial charge >= 0.3 is 0 Å². The highest BCUT2D eigenvalue weighted by atomic mass is 16.3. The van der Waals surface area contributed by atoms with Crippen LogP contribution in [0.4, 0.5) is 0 Å². The standard InChI is InChI=1S/C9H10BNO2/c10-7-2-3-8(12)6(5-7)1-4-9(11)13/h1-5,12H,10H2,(H2,11,13)/b4-1+. The van der Waals surface area contributed by atoms with Crippen LogP contribution in [0.15, 0.2) is 24.3 Å². The topological polar surface area (TPSA) is 63.3 Å². The predicted molar refractivity (Wildman–Crippen MR) is 54.5 cm³/mol. The molecule has 13 heavy (non-hydrogen) atoms. The Kier molecular flexibility index (Phi) is 2.74. The molecule has 0 spiro atoms. The molecule has 1 aromatic rings. The second-order valence-corrected chi connectivity index (χ2v) is 2.80. The van der Waals surface area contributed by atoms with E-state index in [1.807, 2.05) is 7.85 Å². The van der Waals surface area contributed by atoms with Gasteiger partial charge in [0.2, 0.25) is 5.91 Å². The van der Waals surface area contributed by atoms with Gasteiger partial charge < -0.3 is 10.8 Å². The Balaban J connectivity index is 3.00. The van der Waals surface area contributed by atoms with Crippen LogP contribution in [0.1, 0.15) is 5.56 Å². The molecule has 0 heterocycles. The number of aromatic hydroxyl groups is 1. The number of hydrogen-bond acceptors (Lipinski definition) is 2. The number of carbonyl (C=O) groups is 1. The second kappa shape index (κ2) is 3.80. The first-order chi connectivity index (χ1) is 6.09. The fraction of sp³-hybridized carbons (Fsp3) is 0. The van der Waals surface area contributed by atoms with Crippen LogP contribution in [0.25, 0.3) is 6.08 Å². The summed E-state index contributed by atoms with van der Waals surface area (Å²) >= 11 is 0. The highest BCUT2D eigenvalue weighted by Crippen LogP contribution is 2.15. The Bertz CT molecular complexity index is 361. The van der Waals surface area contributed by atoms with Gasteiger partial charge in [-0.15, -0.1) is 0 Å². The summed E-state index contributed by atoms with van der Waals surface area (Å²) in [4.78, 5) is 10.4. The van der Waals surface area contributed by atoms with Gasteiger partial charge in [-0.3, -0.25) is 4.79 Å². The summed E-state index contributed by atoms with van der Waals surface area (Å²) in [6.45, 7) is 0. The average Bonchev–Trinajstić information content (AvgIpc) is 2.06. The number of carbonyl (C=O) groups excluding carboxylic acids is 1. The van der Waals surface area contributed by atoms with Crippen molar-refractivity contribution in [2.75, 3.05) is 0 Å². The van der Waals surface area contributed by atoms with E-state index < -0.39 is 5.91 Å². The summed E-state index contributed by atoms with van der Waals surface area (Å²) in [6.07, 6.45) is 2.71. The Morgan fingerprint density at radius 3 is 2.85 bits per heavy atom. The number of rotatable bonds is 2. The zero-order valence-electron chi connectivity index (χ0n) is 7.32. The molecular weight excluding hydrogens is 165 g/mol. The Morgan fingerprint density at radius 1 is 1.54 bits per heavy atom. The number of benzene rings is 1. The average molecular weight is 175 g/mol. The van der Waals surface area contributed by atoms with Crippen molar-refractivity contribution in [3.05, 3.63) is 29.8 Å². The highest BCUT2D eigenvalue weighted by molar-refractivity contribution is 6.32. The van der Waals surface area contributed by atoms with Crippen molar-refractivity contribution in [1.29, 1.82) is 0 Å². The number of primary amides is 1. The van der Waals surface area contributed by atoms with E-state index in [1.165, 1.54) is 12.2 Å². The number of phenolic OH excluding ortho intramolecular Hbond substituents is 1. The van der Waals surface area contributed by atoms with Gasteiger partial charge in [0.15, 0.2) is 0 Å². The maximum absolute atomic E-state index is 10.4. The van der Waals surface area contributed by atoms with Crippen molar-refractivity contribution in [3.63, 3.8) is 0 Å². The van der Waals surface area contributed by atoms with Crippen LogP contribution in [0.3, 0.4) is 0 Å². The maximum atomic E-state index is 10.4. The van der Waals surface area contributed by atoms with Gasteiger partial charge in [0.25, 0.3) is 0 Å². The molecule has 0 aliphatic carbocycles. The van der Waals surface area contributed by atoms with E-state index in [4.69, 9.17) is 5.73 Å². The predicted octanol–water partition coefficient (Wildman–Crippen LogP) is -0.851. The monoisotopic (exact) mass is 175 g/mol. The molecule has 1 rings (SSSR count). The molecule has 0 radical (unpaired) electrons. The summed E-state index contributed by atoms with van der Waals surface area (Å²) in [5, 5.41) is 9.34. The van der Waals surface area contributed by atoms with Crippen LogP contribution in [0.2, 0.25) is 0 Å². The van der Waals surface area contributed by atoms with E-state index in [-0.39, 0.29) is 5.75 Å². The van der Waals surface area contributed by atoms with Crippen LogP contribution in [-0.2, 0) is 4.79 Å². The molecule has 0 atom stereocenters. The third-order valence-electron chi connectivity index (χ3n) is 1.61. The largest absolute Gasteiger partial charge is 0.507 e. The van der Waals surface area contributed by atoms with E-state index in [2.05, 4.69) is 0 Å². The summed E-state index contributed by atoms with van der Waals surface area (Å²) in [5.74, 6) is -0.385. The summed E-state index contributed by atoms with van der Waals surface area (Å²) in [7, 11) is 1.90. The number of phenols is 1. The summed E-state index contributed by atoms with van der Waals surface area (Å²) < 4.78 is 0. The van der Waals surface area contributed by atoms with Gasteiger partial charge in [0.1, 0.15) is 13.6 Å². The third kappa shape index (κ3) is 2.67. The van der Waals surface area contributed by atoms with Gasteiger partial charge in [-0.1, -0.05) is 17.6 Å². The lowest BCUT2D eigenvalue weighted by Crippen LogP contribution is -2.05. The Hall–Kier alpha value is -1.71. The summed E-state index contributed by atoms with van der Waals surface area (Å²) in [6, 6.07) is 5.14. The molecule has 0 fully saturated rings. The number of amides is 1. The van der Waals surface area contributed by atoms with Crippen LogP contribution >= 0.6 is 0 Å². The minimum Gasteiger partial charge on any atom is -0.507 e. The zero-order valence-corrected chi connectivity index (χ0v) is 7.32. The minimum absolute atomic E-state index is 0.142. The molecule has 0 saturated heterocycles. The van der Waals surface area contributed by atoms with Gasteiger partial charge in [-0.05, 0) is 12.1 Å². The third-order valence-corrected chi connectivity index (χ3v) is 1.61. The number of nitrogens with two attached hydrogens (primary N) is 1. The first-order valence-electron chi connectivity index (χ1n) is 3.87. The second-order valence-electron chi connectivity index (χ2n) is 2.80. The van der Waals surface area contributed by atoms with Crippen molar-refractivity contribution in [2.45, 2.75) is 0 Å². The molecular formula is C9H10BNO2. The van der Waals surface area contributed by atoms with Gasteiger partial charge in [-0.2, -0.15) is 0 Å². The molecule has 0 aromatic heterocycles. The molecule has 0 aliphatic heterocycles. The van der Waals surface area contributed by atoms with E-state index in [1.54, 1.807) is 18.2 Å². The lowest BCUT2D eigenvalue weighted by Gasteiger charge is -1.99. The first kappa shape index (κ1) is 9.38. The normalized spacial score (nSPS) is 10.5. The molecule has 0 bridgehead atoms. The van der Waals surface area contributed by atoms with E-state index in [0.29, 0.717) is 5.56 Å². The van der Waals surface area contributed by atoms with Crippen LogP contribution in [-0.4, -0.2) is 18.9 Å². The van der Waals surface area contributed by atoms with E-state index >= 15 is 0 Å². The molecule has 1 amide bonds. The maximum Gasteiger partial charge on any atom is 0.241 e. The smallest absolute Gasteiger partial charge is 0.241 e. The molecule has 3 nitrogen and oxygen atoms in total. The Morgan fingerprint density at radius 2 is 2.23 bits per heavy atom. The lowest BCUT2D eigenvalue weighted by molar-refractivity contribution is -0.113. The van der Waals surface area contributed by atoms with Crippen LogP contribution in [0, 0.1) is 0 Å². The van der Waals surface area contributed by atoms with Crippen molar-refractivity contribution < 1.29 is 9.90 Å². The SMILES string of the molecule is Bc1ccc(O)c(/C=C/C(N)=O)c1. The summed E-state index contributed by atoms with van der Waals surface area (Å²) in [5.41, 5.74) is 6.53. The molecule has 3 N–H and O–H groups in total. The van der Waals surface area contributed by atoms with Crippen molar-refractivity contribution >= 4 is 25.3 Å². The highest BCUT2D eigenvalue weighted by Gasteiger charge is 1.96. The van der Waals surface area contributed by atoms with Gasteiger partial charge in [-0.25, -0.2) is 0 Å². The number of hydrogen-bond donors (Lipinski definition) is 2. The van der Waals surface area contributed by atoms with Crippen molar-refractivity contribution in [2.24, 2.45) is 5.73 Å². The quantitative estimate of drug-likeness (QED) is 0.454. The fourth-order valence-electron chi connectivity index (χ4n) is 0.979. The van der Waals surface area contributed by atoms with Crippen molar-refractivity contribution in [3.8, 4) is 5.75 Å². The van der Waals surface area contributed by atoms with Crippen LogP contribution in [0.5, 0.6) is 5.75 Å². The van der Waals surface area contributed by atoms with Gasteiger partial charge in [0, 0.05) is 11.6 Å². The molecule has 1 aromatic carbocycles.